The van der Waals surface area contributed by atoms with Crippen LogP contribution in [0, 0.1) is 0 Å². The zero-order chi connectivity index (χ0) is 22.9. The Morgan fingerprint density at radius 1 is 1.06 bits per heavy atom. The lowest BCUT2D eigenvalue weighted by Gasteiger charge is -2.25. The van der Waals surface area contributed by atoms with Crippen LogP contribution in [0.1, 0.15) is 25.5 Å². The number of hydrogen-bond donors (Lipinski definition) is 1. The predicted octanol–water partition coefficient (Wildman–Crippen LogP) is 1.71. The SMILES string of the molecule is CC(C)N(Cc1nc2ccccc2c(=O)[nH]1)Cc1nnnn1-c1ccc(S(C)(=O)=O)cc1. The van der Waals surface area contributed by atoms with Crippen molar-refractivity contribution in [3.8, 4) is 5.69 Å². The Balaban J connectivity index is 1.60. The summed E-state index contributed by atoms with van der Waals surface area (Å²) in [5.41, 5.74) is 1.12. The maximum Gasteiger partial charge on any atom is 0.258 e. The molecule has 1 N–H and O–H groups in total. The van der Waals surface area contributed by atoms with Gasteiger partial charge in [0.25, 0.3) is 5.56 Å². The van der Waals surface area contributed by atoms with Gasteiger partial charge < -0.3 is 4.98 Å². The number of sulfone groups is 1. The van der Waals surface area contributed by atoms with Gasteiger partial charge in [-0.15, -0.1) is 5.10 Å². The lowest BCUT2D eigenvalue weighted by molar-refractivity contribution is 0.192. The highest BCUT2D eigenvalue weighted by Crippen LogP contribution is 2.16. The minimum atomic E-state index is -3.29. The molecule has 4 aromatic rings. The first-order valence-corrected chi connectivity index (χ1v) is 11.9. The average molecular weight is 454 g/mol. The molecule has 0 radical (unpaired) electrons. The van der Waals surface area contributed by atoms with Gasteiger partial charge in [-0.2, -0.15) is 4.68 Å². The zero-order valence-corrected chi connectivity index (χ0v) is 18.7. The van der Waals surface area contributed by atoms with Crippen LogP contribution in [0.3, 0.4) is 0 Å². The molecule has 166 valence electrons. The van der Waals surface area contributed by atoms with Crippen molar-refractivity contribution in [2.45, 2.75) is 37.9 Å². The number of tetrazole rings is 1. The van der Waals surface area contributed by atoms with Crippen molar-refractivity contribution in [1.29, 1.82) is 0 Å². The van der Waals surface area contributed by atoms with Crippen molar-refractivity contribution in [1.82, 2.24) is 35.1 Å². The zero-order valence-electron chi connectivity index (χ0n) is 17.9. The van der Waals surface area contributed by atoms with Gasteiger partial charge in [-0.1, -0.05) is 12.1 Å². The van der Waals surface area contributed by atoms with E-state index in [1.54, 1.807) is 22.9 Å². The Morgan fingerprint density at radius 2 is 1.78 bits per heavy atom. The second kappa shape index (κ2) is 8.60. The highest BCUT2D eigenvalue weighted by Gasteiger charge is 2.18. The quantitative estimate of drug-likeness (QED) is 0.448. The summed E-state index contributed by atoms with van der Waals surface area (Å²) in [4.78, 5) is 22.2. The number of aromatic amines is 1. The third-order valence-electron chi connectivity index (χ3n) is 5.13. The molecule has 0 saturated carbocycles. The van der Waals surface area contributed by atoms with Crippen LogP contribution in [0.4, 0.5) is 0 Å². The molecule has 0 aliphatic carbocycles. The van der Waals surface area contributed by atoms with Crippen molar-refractivity contribution in [2.24, 2.45) is 0 Å². The fraction of sp³-hybridized carbons (Fsp3) is 0.286. The summed E-state index contributed by atoms with van der Waals surface area (Å²) >= 11 is 0. The lowest BCUT2D eigenvalue weighted by atomic mass is 10.2. The van der Waals surface area contributed by atoms with Gasteiger partial charge in [-0.25, -0.2) is 13.4 Å². The van der Waals surface area contributed by atoms with Crippen molar-refractivity contribution in [3.63, 3.8) is 0 Å². The summed E-state index contributed by atoms with van der Waals surface area (Å²) in [6, 6.07) is 13.7. The number of fused-ring (bicyclic) bond motifs is 1. The molecule has 0 unspecified atom stereocenters. The van der Waals surface area contributed by atoms with Crippen LogP contribution in [0.25, 0.3) is 16.6 Å². The standard InChI is InChI=1S/C21H23N7O3S/c1-14(2)27(12-19-22-18-7-5-4-6-17(18)21(29)23-19)13-20-24-25-26-28(20)15-8-10-16(11-9-15)32(3,30)31/h4-11,14H,12-13H2,1-3H3,(H,22,23,29). The molecule has 0 aliphatic rings. The first kappa shape index (κ1) is 21.8. The molecule has 10 nitrogen and oxygen atoms in total. The maximum absolute atomic E-state index is 12.4. The Hall–Kier alpha value is -3.44. The van der Waals surface area contributed by atoms with Crippen LogP contribution in [0.2, 0.25) is 0 Å². The number of para-hydroxylation sites is 1. The highest BCUT2D eigenvalue weighted by atomic mass is 32.2. The van der Waals surface area contributed by atoms with E-state index in [-0.39, 0.29) is 16.5 Å². The molecule has 0 spiro atoms. The summed E-state index contributed by atoms with van der Waals surface area (Å²) in [7, 11) is -3.29. The molecule has 0 amide bonds. The number of benzene rings is 2. The Labute approximate surface area is 184 Å². The number of aromatic nitrogens is 6. The van der Waals surface area contributed by atoms with E-state index < -0.39 is 9.84 Å². The predicted molar refractivity (Wildman–Crippen MR) is 119 cm³/mol. The van der Waals surface area contributed by atoms with Crippen LogP contribution in [0.15, 0.2) is 58.2 Å². The lowest BCUT2D eigenvalue weighted by Crippen LogP contribution is -2.32. The molecular formula is C21H23N7O3S. The summed E-state index contributed by atoms with van der Waals surface area (Å²) in [6.45, 7) is 4.87. The average Bonchev–Trinajstić information content (AvgIpc) is 3.21. The number of hydrogen-bond acceptors (Lipinski definition) is 8. The van der Waals surface area contributed by atoms with Crippen molar-refractivity contribution >= 4 is 20.7 Å². The number of nitrogens with zero attached hydrogens (tertiary/aromatic N) is 6. The smallest absolute Gasteiger partial charge is 0.258 e. The monoisotopic (exact) mass is 453 g/mol. The minimum absolute atomic E-state index is 0.115. The van der Waals surface area contributed by atoms with E-state index in [1.165, 1.54) is 12.1 Å². The second-order valence-corrected chi connectivity index (χ2v) is 9.82. The highest BCUT2D eigenvalue weighted by molar-refractivity contribution is 7.90. The first-order chi connectivity index (χ1) is 15.2. The van der Waals surface area contributed by atoms with Gasteiger partial charge in [0, 0.05) is 12.3 Å². The molecule has 2 aromatic carbocycles. The van der Waals surface area contributed by atoms with Crippen molar-refractivity contribution in [2.75, 3.05) is 6.26 Å². The maximum atomic E-state index is 12.4. The van der Waals surface area contributed by atoms with Crippen LogP contribution >= 0.6 is 0 Å². The van der Waals surface area contributed by atoms with Crippen LogP contribution < -0.4 is 5.56 Å². The summed E-state index contributed by atoms with van der Waals surface area (Å²) < 4.78 is 25.0. The molecule has 0 bridgehead atoms. The summed E-state index contributed by atoms with van der Waals surface area (Å²) in [5.74, 6) is 1.13. The molecule has 0 saturated heterocycles. The van der Waals surface area contributed by atoms with Gasteiger partial charge in [-0.05, 0) is 60.7 Å². The van der Waals surface area contributed by atoms with E-state index in [0.717, 1.165) is 6.26 Å². The van der Waals surface area contributed by atoms with E-state index in [2.05, 4.69) is 30.4 Å². The summed E-state index contributed by atoms with van der Waals surface area (Å²) in [5, 5.41) is 12.5. The fourth-order valence-corrected chi connectivity index (χ4v) is 3.97. The largest absolute Gasteiger partial charge is 0.309 e. The second-order valence-electron chi connectivity index (χ2n) is 7.80. The first-order valence-electron chi connectivity index (χ1n) is 10.0. The van der Waals surface area contributed by atoms with E-state index >= 15 is 0 Å². The molecular weight excluding hydrogens is 430 g/mol. The van der Waals surface area contributed by atoms with Crippen LogP contribution in [-0.2, 0) is 22.9 Å². The van der Waals surface area contributed by atoms with Gasteiger partial charge in [0.1, 0.15) is 5.82 Å². The Kier molecular flexibility index (Phi) is 5.85. The molecule has 11 heteroatoms. The molecule has 0 fully saturated rings. The molecule has 0 aliphatic heterocycles. The number of rotatable bonds is 7. The van der Waals surface area contributed by atoms with Crippen LogP contribution in [-0.4, -0.2) is 55.8 Å². The molecule has 2 heterocycles. The Morgan fingerprint density at radius 3 is 2.47 bits per heavy atom. The topological polar surface area (TPSA) is 127 Å². The Bertz CT molecular complexity index is 1410. The minimum Gasteiger partial charge on any atom is -0.309 e. The molecule has 2 aromatic heterocycles. The number of H-pyrrole nitrogens is 1. The molecule has 0 atom stereocenters. The number of nitrogens with one attached hydrogen (secondary N) is 1. The third-order valence-corrected chi connectivity index (χ3v) is 6.26. The van der Waals surface area contributed by atoms with Gasteiger partial charge in [0.2, 0.25) is 0 Å². The van der Waals surface area contributed by atoms with E-state index in [4.69, 9.17) is 0 Å². The van der Waals surface area contributed by atoms with E-state index in [9.17, 15) is 13.2 Å². The molecule has 4 rings (SSSR count). The molecule has 32 heavy (non-hydrogen) atoms. The van der Waals surface area contributed by atoms with Crippen LogP contribution in [0.5, 0.6) is 0 Å². The van der Waals surface area contributed by atoms with E-state index in [0.29, 0.717) is 41.3 Å². The van der Waals surface area contributed by atoms with Gasteiger partial charge in [0.05, 0.1) is 34.6 Å². The van der Waals surface area contributed by atoms with Gasteiger partial charge >= 0.3 is 0 Å². The van der Waals surface area contributed by atoms with Crippen molar-refractivity contribution < 1.29 is 8.42 Å². The third kappa shape index (κ3) is 4.58. The van der Waals surface area contributed by atoms with E-state index in [1.807, 2.05) is 32.0 Å². The van der Waals surface area contributed by atoms with Gasteiger partial charge in [-0.3, -0.25) is 9.69 Å². The van der Waals surface area contributed by atoms with Crippen molar-refractivity contribution in [3.05, 3.63) is 70.5 Å². The summed E-state index contributed by atoms with van der Waals surface area (Å²) in [6.07, 6.45) is 1.16. The van der Waals surface area contributed by atoms with Gasteiger partial charge in [0.15, 0.2) is 15.7 Å². The fourth-order valence-electron chi connectivity index (χ4n) is 3.34. The normalized spacial score (nSPS) is 12.2.